The second kappa shape index (κ2) is 8.01. The van der Waals surface area contributed by atoms with Crippen LogP contribution in [0.1, 0.15) is 54.4 Å². The third-order valence-electron chi connectivity index (χ3n) is 6.56. The lowest BCUT2D eigenvalue weighted by atomic mass is 9.98. The van der Waals surface area contributed by atoms with Gasteiger partial charge in [-0.15, -0.1) is 0 Å². The van der Waals surface area contributed by atoms with Gasteiger partial charge in [-0.05, 0) is 57.7 Å². The Balaban J connectivity index is 1.25. The van der Waals surface area contributed by atoms with E-state index in [0.717, 1.165) is 56.6 Å². The molecule has 146 valence electrons. The van der Waals surface area contributed by atoms with Crippen molar-refractivity contribution in [1.82, 2.24) is 15.1 Å². The average molecular weight is 370 g/mol. The van der Waals surface area contributed by atoms with Crippen LogP contribution in [0.25, 0.3) is 0 Å². The molecule has 3 aliphatic heterocycles. The van der Waals surface area contributed by atoms with Gasteiger partial charge in [0.2, 0.25) is 5.91 Å². The van der Waals surface area contributed by atoms with E-state index in [2.05, 4.69) is 10.2 Å². The van der Waals surface area contributed by atoms with Crippen LogP contribution in [-0.2, 0) is 4.79 Å². The molecule has 4 rings (SSSR count). The van der Waals surface area contributed by atoms with Crippen LogP contribution >= 0.6 is 0 Å². The Kier molecular flexibility index (Phi) is 5.48. The lowest BCUT2D eigenvalue weighted by molar-refractivity contribution is -0.125. The number of likely N-dealkylation sites (tertiary alicyclic amines) is 1. The Morgan fingerprint density at radius 1 is 1.00 bits per heavy atom. The van der Waals surface area contributed by atoms with Crippen molar-refractivity contribution in [2.24, 2.45) is 5.92 Å². The van der Waals surface area contributed by atoms with Crippen LogP contribution < -0.4 is 5.32 Å². The minimum atomic E-state index is 0.104. The van der Waals surface area contributed by atoms with Gasteiger partial charge in [-0.1, -0.05) is 24.1 Å². The average Bonchev–Trinajstić information content (AvgIpc) is 3.13. The minimum Gasteiger partial charge on any atom is -0.353 e. The number of hydrogen-bond acceptors (Lipinski definition) is 3. The van der Waals surface area contributed by atoms with E-state index in [9.17, 15) is 9.59 Å². The molecular formula is C22H31N3O2. The van der Waals surface area contributed by atoms with Crippen molar-refractivity contribution in [3.63, 3.8) is 0 Å². The topological polar surface area (TPSA) is 52.7 Å². The molecule has 2 amide bonds. The predicted octanol–water partition coefficient (Wildman–Crippen LogP) is 2.59. The summed E-state index contributed by atoms with van der Waals surface area (Å²) in [6.45, 7) is 5.56. The first-order chi connectivity index (χ1) is 13.1. The molecule has 5 nitrogen and oxygen atoms in total. The molecular weight excluding hydrogens is 338 g/mol. The Morgan fingerprint density at radius 3 is 2.44 bits per heavy atom. The van der Waals surface area contributed by atoms with Crippen LogP contribution in [0.3, 0.4) is 0 Å². The zero-order chi connectivity index (χ0) is 18.8. The molecule has 2 unspecified atom stereocenters. The normalized spacial score (nSPS) is 26.6. The molecule has 0 aromatic heterocycles. The van der Waals surface area contributed by atoms with Crippen LogP contribution in [0.5, 0.6) is 0 Å². The number of piperidine rings is 2. The molecule has 27 heavy (non-hydrogen) atoms. The number of benzene rings is 1. The van der Waals surface area contributed by atoms with Crippen molar-refractivity contribution in [3.05, 3.63) is 35.4 Å². The van der Waals surface area contributed by atoms with Crippen molar-refractivity contribution >= 4 is 11.8 Å². The molecule has 2 atom stereocenters. The van der Waals surface area contributed by atoms with Gasteiger partial charge in [-0.2, -0.15) is 0 Å². The molecule has 0 bridgehead atoms. The van der Waals surface area contributed by atoms with Crippen molar-refractivity contribution in [3.8, 4) is 0 Å². The third-order valence-corrected chi connectivity index (χ3v) is 6.56. The van der Waals surface area contributed by atoms with E-state index in [0.29, 0.717) is 6.04 Å². The van der Waals surface area contributed by atoms with Crippen LogP contribution in [0.2, 0.25) is 0 Å². The zero-order valence-corrected chi connectivity index (χ0v) is 16.3. The van der Waals surface area contributed by atoms with Gasteiger partial charge in [0.25, 0.3) is 5.91 Å². The highest BCUT2D eigenvalue weighted by molar-refractivity contribution is 5.94. The van der Waals surface area contributed by atoms with E-state index in [1.807, 2.05) is 36.1 Å². The van der Waals surface area contributed by atoms with E-state index in [1.54, 1.807) is 0 Å². The molecule has 1 aromatic rings. The number of nitrogens with zero attached hydrogens (tertiary/aromatic N) is 2. The SMILES string of the molecule is Cc1ccc(C(=O)N2CCC(NC(=O)C3CC4CCCCN4C3)CC2)cc1. The molecule has 5 heteroatoms. The van der Waals surface area contributed by atoms with Gasteiger partial charge in [0.15, 0.2) is 0 Å². The molecule has 3 fully saturated rings. The zero-order valence-electron chi connectivity index (χ0n) is 16.3. The standard InChI is InChI=1S/C22H31N3O2/c1-16-5-7-17(8-6-16)22(27)24-12-9-19(10-13-24)23-21(26)18-14-20-4-2-3-11-25(20)15-18/h5-8,18-20H,2-4,9-15H2,1H3,(H,23,26). The Labute approximate surface area is 162 Å². The molecule has 0 saturated carbocycles. The minimum absolute atomic E-state index is 0.104. The van der Waals surface area contributed by atoms with E-state index in [4.69, 9.17) is 0 Å². The molecule has 3 saturated heterocycles. The number of rotatable bonds is 3. The number of carbonyl (C=O) groups excluding carboxylic acids is 2. The van der Waals surface area contributed by atoms with Crippen LogP contribution in [0.4, 0.5) is 0 Å². The largest absolute Gasteiger partial charge is 0.353 e. The van der Waals surface area contributed by atoms with Gasteiger partial charge < -0.3 is 10.2 Å². The third kappa shape index (κ3) is 4.18. The molecule has 0 radical (unpaired) electrons. The van der Waals surface area contributed by atoms with Crippen molar-refractivity contribution < 1.29 is 9.59 Å². The quantitative estimate of drug-likeness (QED) is 0.891. The van der Waals surface area contributed by atoms with Gasteiger partial charge in [0, 0.05) is 37.3 Å². The van der Waals surface area contributed by atoms with Crippen molar-refractivity contribution in [2.75, 3.05) is 26.2 Å². The second-order valence-electron chi connectivity index (χ2n) is 8.52. The summed E-state index contributed by atoms with van der Waals surface area (Å²) in [7, 11) is 0. The summed E-state index contributed by atoms with van der Waals surface area (Å²) in [6, 6.07) is 8.60. The second-order valence-corrected chi connectivity index (χ2v) is 8.52. The summed E-state index contributed by atoms with van der Waals surface area (Å²) in [6.07, 6.45) is 6.56. The van der Waals surface area contributed by atoms with Gasteiger partial charge in [-0.3, -0.25) is 14.5 Å². The fourth-order valence-electron chi connectivity index (χ4n) is 4.87. The summed E-state index contributed by atoms with van der Waals surface area (Å²) in [4.78, 5) is 29.8. The van der Waals surface area contributed by atoms with Gasteiger partial charge in [0.1, 0.15) is 0 Å². The molecule has 1 aromatic carbocycles. The number of hydrogen-bond donors (Lipinski definition) is 1. The highest BCUT2D eigenvalue weighted by Crippen LogP contribution is 2.30. The predicted molar refractivity (Wildman–Crippen MR) is 106 cm³/mol. The first-order valence-corrected chi connectivity index (χ1v) is 10.5. The summed E-state index contributed by atoms with van der Waals surface area (Å²) >= 11 is 0. The monoisotopic (exact) mass is 369 g/mol. The number of amides is 2. The first kappa shape index (κ1) is 18.5. The van der Waals surface area contributed by atoms with E-state index in [-0.39, 0.29) is 23.8 Å². The van der Waals surface area contributed by atoms with Gasteiger partial charge in [0.05, 0.1) is 5.92 Å². The molecule has 3 heterocycles. The number of carbonyl (C=O) groups is 2. The summed E-state index contributed by atoms with van der Waals surface area (Å²) in [5, 5.41) is 3.27. The van der Waals surface area contributed by atoms with E-state index >= 15 is 0 Å². The van der Waals surface area contributed by atoms with Crippen LogP contribution in [0.15, 0.2) is 24.3 Å². The Morgan fingerprint density at radius 2 is 1.74 bits per heavy atom. The van der Waals surface area contributed by atoms with E-state index < -0.39 is 0 Å². The number of aryl methyl sites for hydroxylation is 1. The maximum Gasteiger partial charge on any atom is 0.253 e. The lowest BCUT2D eigenvalue weighted by Gasteiger charge is -2.33. The smallest absolute Gasteiger partial charge is 0.253 e. The highest BCUT2D eigenvalue weighted by atomic mass is 16.2. The fourth-order valence-corrected chi connectivity index (χ4v) is 4.87. The highest BCUT2D eigenvalue weighted by Gasteiger charge is 2.37. The van der Waals surface area contributed by atoms with Crippen LogP contribution in [-0.4, -0.2) is 59.9 Å². The summed E-state index contributed by atoms with van der Waals surface area (Å²) in [5.41, 5.74) is 1.92. The first-order valence-electron chi connectivity index (χ1n) is 10.5. The Hall–Kier alpha value is -1.88. The van der Waals surface area contributed by atoms with Crippen molar-refractivity contribution in [2.45, 2.75) is 57.5 Å². The van der Waals surface area contributed by atoms with Gasteiger partial charge in [-0.25, -0.2) is 0 Å². The molecule has 3 aliphatic rings. The molecule has 1 N–H and O–H groups in total. The number of nitrogens with one attached hydrogen (secondary N) is 1. The van der Waals surface area contributed by atoms with Crippen molar-refractivity contribution in [1.29, 1.82) is 0 Å². The maximum atomic E-state index is 12.7. The summed E-state index contributed by atoms with van der Waals surface area (Å²) in [5.74, 6) is 0.487. The van der Waals surface area contributed by atoms with Crippen LogP contribution in [0, 0.1) is 12.8 Å². The van der Waals surface area contributed by atoms with Gasteiger partial charge >= 0.3 is 0 Å². The molecule has 0 aliphatic carbocycles. The Bertz CT molecular complexity index is 665. The maximum absolute atomic E-state index is 12.7. The number of fused-ring (bicyclic) bond motifs is 1. The fraction of sp³-hybridized carbons (Fsp3) is 0.636. The summed E-state index contributed by atoms with van der Waals surface area (Å²) < 4.78 is 0. The lowest BCUT2D eigenvalue weighted by Crippen LogP contribution is -2.48. The molecule has 0 spiro atoms. The van der Waals surface area contributed by atoms with E-state index in [1.165, 1.54) is 19.3 Å².